The van der Waals surface area contributed by atoms with Crippen molar-refractivity contribution >= 4 is 21.8 Å². The molecule has 18 heavy (non-hydrogen) atoms. The summed E-state index contributed by atoms with van der Waals surface area (Å²) in [5.41, 5.74) is 0. The third kappa shape index (κ3) is 4.44. The maximum absolute atomic E-state index is 11.6. The number of rotatable bonds is 6. The van der Waals surface area contributed by atoms with Crippen LogP contribution in [0, 0.1) is 5.92 Å². The second-order valence-electron chi connectivity index (χ2n) is 5.00. The van der Waals surface area contributed by atoms with Gasteiger partial charge in [0.15, 0.2) is 0 Å². The minimum absolute atomic E-state index is 0.0389. The van der Waals surface area contributed by atoms with Crippen molar-refractivity contribution in [3.63, 3.8) is 0 Å². The molecule has 1 fully saturated rings. The highest BCUT2D eigenvalue weighted by atomic mass is 79.9. The predicted molar refractivity (Wildman–Crippen MR) is 74.1 cm³/mol. The molecule has 4 nitrogen and oxygen atoms in total. The lowest BCUT2D eigenvalue weighted by Crippen LogP contribution is -2.28. The third-order valence-corrected chi connectivity index (χ3v) is 3.90. The minimum atomic E-state index is 0.0389. The van der Waals surface area contributed by atoms with E-state index in [-0.39, 0.29) is 5.91 Å². The first-order valence-electron chi connectivity index (χ1n) is 6.68. The van der Waals surface area contributed by atoms with Gasteiger partial charge >= 0.3 is 0 Å². The second-order valence-corrected chi connectivity index (χ2v) is 5.91. The summed E-state index contributed by atoms with van der Waals surface area (Å²) in [4.78, 5) is 11.6. The number of aromatic nitrogens is 2. The van der Waals surface area contributed by atoms with Crippen LogP contribution in [0.4, 0.5) is 0 Å². The fourth-order valence-electron chi connectivity index (χ4n) is 2.55. The van der Waals surface area contributed by atoms with Gasteiger partial charge in [0, 0.05) is 12.7 Å². The molecule has 1 aromatic rings. The van der Waals surface area contributed by atoms with E-state index >= 15 is 0 Å². The topological polar surface area (TPSA) is 46.9 Å². The molecule has 1 amide bonds. The highest BCUT2D eigenvalue weighted by Crippen LogP contribution is 2.28. The van der Waals surface area contributed by atoms with Gasteiger partial charge in [-0.15, -0.1) is 0 Å². The van der Waals surface area contributed by atoms with Crippen LogP contribution in [0.5, 0.6) is 0 Å². The molecule has 0 saturated heterocycles. The number of carbonyl (C=O) groups is 1. The minimum Gasteiger partial charge on any atom is -0.354 e. The van der Waals surface area contributed by atoms with E-state index in [0.29, 0.717) is 6.54 Å². The van der Waals surface area contributed by atoms with Crippen LogP contribution in [-0.4, -0.2) is 22.2 Å². The molecule has 1 N–H and O–H groups in total. The number of nitrogens with one attached hydrogen (secondary N) is 1. The molecule has 1 saturated carbocycles. The Morgan fingerprint density at radius 1 is 1.50 bits per heavy atom. The smallest absolute Gasteiger partial charge is 0.241 e. The fraction of sp³-hybridized carbons (Fsp3) is 0.692. The third-order valence-electron chi connectivity index (χ3n) is 3.49. The molecule has 0 unspecified atom stereocenters. The van der Waals surface area contributed by atoms with Crippen molar-refractivity contribution in [1.29, 1.82) is 0 Å². The summed E-state index contributed by atoms with van der Waals surface area (Å²) in [6.45, 7) is 1.09. The van der Waals surface area contributed by atoms with Crippen LogP contribution in [0.2, 0.25) is 0 Å². The van der Waals surface area contributed by atoms with Crippen molar-refractivity contribution < 1.29 is 4.79 Å². The molecular weight excluding hydrogens is 294 g/mol. The van der Waals surface area contributed by atoms with Crippen LogP contribution in [-0.2, 0) is 11.3 Å². The van der Waals surface area contributed by atoms with Gasteiger partial charge in [-0.3, -0.25) is 9.48 Å². The number of hydrogen-bond acceptors (Lipinski definition) is 2. The molecule has 2 rings (SSSR count). The van der Waals surface area contributed by atoms with Crippen LogP contribution in [0.3, 0.4) is 0 Å². The molecule has 1 heterocycles. The Hall–Kier alpha value is -0.840. The Morgan fingerprint density at radius 3 is 2.94 bits per heavy atom. The van der Waals surface area contributed by atoms with Crippen molar-refractivity contribution in [2.75, 3.05) is 6.54 Å². The number of carbonyl (C=O) groups excluding carboxylic acids is 1. The van der Waals surface area contributed by atoms with Crippen LogP contribution in [0.15, 0.2) is 16.9 Å². The lowest BCUT2D eigenvalue weighted by atomic mass is 10.0. The Labute approximate surface area is 116 Å². The fourth-order valence-corrected chi connectivity index (χ4v) is 2.87. The first kappa shape index (κ1) is 13.6. The average Bonchev–Trinajstić information content (AvgIpc) is 2.96. The lowest BCUT2D eigenvalue weighted by molar-refractivity contribution is -0.121. The first-order valence-corrected chi connectivity index (χ1v) is 7.48. The van der Waals surface area contributed by atoms with E-state index in [1.807, 2.05) is 0 Å². The molecule has 0 spiro atoms. The average molecular weight is 314 g/mol. The maximum Gasteiger partial charge on any atom is 0.241 e. The van der Waals surface area contributed by atoms with Gasteiger partial charge < -0.3 is 5.32 Å². The van der Waals surface area contributed by atoms with Crippen molar-refractivity contribution in [3.8, 4) is 0 Å². The SMILES string of the molecule is O=C(Cn1cc(Br)cn1)NCCCC1CCCC1. The van der Waals surface area contributed by atoms with Crippen molar-refractivity contribution in [2.45, 2.75) is 45.1 Å². The molecular formula is C13H20BrN3O. The number of nitrogens with zero attached hydrogens (tertiary/aromatic N) is 2. The van der Waals surface area contributed by atoms with E-state index in [1.54, 1.807) is 17.1 Å². The van der Waals surface area contributed by atoms with Gasteiger partial charge in [0.05, 0.1) is 10.7 Å². The van der Waals surface area contributed by atoms with Gasteiger partial charge in [-0.05, 0) is 34.7 Å². The molecule has 0 bridgehead atoms. The van der Waals surface area contributed by atoms with Crippen LogP contribution < -0.4 is 5.32 Å². The first-order chi connectivity index (χ1) is 8.74. The molecule has 0 aromatic carbocycles. The summed E-state index contributed by atoms with van der Waals surface area (Å²) in [6, 6.07) is 0. The standard InChI is InChI=1S/C13H20BrN3O/c14-12-8-16-17(9-12)10-13(18)15-7-3-6-11-4-1-2-5-11/h8-9,11H,1-7,10H2,(H,15,18). The van der Waals surface area contributed by atoms with Gasteiger partial charge in [-0.2, -0.15) is 5.10 Å². The summed E-state index contributed by atoms with van der Waals surface area (Å²) < 4.78 is 2.53. The van der Waals surface area contributed by atoms with Crippen LogP contribution in [0.1, 0.15) is 38.5 Å². The van der Waals surface area contributed by atoms with E-state index in [4.69, 9.17) is 0 Å². The zero-order valence-electron chi connectivity index (χ0n) is 10.6. The highest BCUT2D eigenvalue weighted by Gasteiger charge is 2.14. The Balaban J connectivity index is 1.57. The van der Waals surface area contributed by atoms with Gasteiger partial charge in [0.25, 0.3) is 0 Å². The molecule has 0 atom stereocenters. The highest BCUT2D eigenvalue weighted by molar-refractivity contribution is 9.10. The maximum atomic E-state index is 11.6. The summed E-state index contributed by atoms with van der Waals surface area (Å²) >= 11 is 3.31. The van der Waals surface area contributed by atoms with Crippen LogP contribution in [0.25, 0.3) is 0 Å². The number of halogens is 1. The molecule has 1 aliphatic rings. The van der Waals surface area contributed by atoms with E-state index in [1.165, 1.54) is 32.1 Å². The Kier molecular flexibility index (Phi) is 5.23. The molecule has 0 radical (unpaired) electrons. The zero-order chi connectivity index (χ0) is 12.8. The summed E-state index contributed by atoms with van der Waals surface area (Å²) in [5.74, 6) is 0.945. The second kappa shape index (κ2) is 6.92. The predicted octanol–water partition coefficient (Wildman–Crippen LogP) is 2.73. The molecule has 0 aliphatic heterocycles. The van der Waals surface area contributed by atoms with E-state index in [0.717, 1.165) is 23.4 Å². The summed E-state index contributed by atoms with van der Waals surface area (Å²) in [6.07, 6.45) is 11.4. The monoisotopic (exact) mass is 313 g/mol. The Morgan fingerprint density at radius 2 is 2.28 bits per heavy atom. The summed E-state index contributed by atoms with van der Waals surface area (Å²) in [7, 11) is 0. The van der Waals surface area contributed by atoms with E-state index < -0.39 is 0 Å². The van der Waals surface area contributed by atoms with Crippen molar-refractivity contribution in [1.82, 2.24) is 15.1 Å². The van der Waals surface area contributed by atoms with E-state index in [9.17, 15) is 4.79 Å². The van der Waals surface area contributed by atoms with Crippen molar-refractivity contribution in [2.24, 2.45) is 5.92 Å². The van der Waals surface area contributed by atoms with Gasteiger partial charge in [0.1, 0.15) is 6.54 Å². The molecule has 5 heteroatoms. The van der Waals surface area contributed by atoms with Crippen molar-refractivity contribution in [3.05, 3.63) is 16.9 Å². The Bertz CT molecular complexity index is 385. The van der Waals surface area contributed by atoms with Gasteiger partial charge in [-0.1, -0.05) is 25.7 Å². The van der Waals surface area contributed by atoms with E-state index in [2.05, 4.69) is 26.3 Å². The van der Waals surface area contributed by atoms with Gasteiger partial charge in [0.2, 0.25) is 5.91 Å². The largest absolute Gasteiger partial charge is 0.354 e. The number of amides is 1. The van der Waals surface area contributed by atoms with Crippen LogP contribution >= 0.6 is 15.9 Å². The molecule has 1 aromatic heterocycles. The molecule has 1 aliphatic carbocycles. The normalized spacial score (nSPS) is 16.1. The quantitative estimate of drug-likeness (QED) is 0.821. The van der Waals surface area contributed by atoms with Gasteiger partial charge in [-0.25, -0.2) is 0 Å². The zero-order valence-corrected chi connectivity index (χ0v) is 12.2. The summed E-state index contributed by atoms with van der Waals surface area (Å²) in [5, 5.41) is 7.01. The number of hydrogen-bond donors (Lipinski definition) is 1. The lowest BCUT2D eigenvalue weighted by Gasteiger charge is -2.09. The molecule has 100 valence electrons.